The molecule has 186 valence electrons. The van der Waals surface area contributed by atoms with Crippen molar-refractivity contribution < 1.29 is 0 Å². The molecule has 8 rings (SSSR count). The summed E-state index contributed by atoms with van der Waals surface area (Å²) in [5.41, 5.74) is 8.38. The molecule has 1 heterocycles. The monoisotopic (exact) mass is 507 g/mol. The van der Waals surface area contributed by atoms with Crippen LogP contribution in [0.2, 0.25) is 0 Å². The first-order valence-corrected chi connectivity index (χ1v) is 13.7. The zero-order valence-corrected chi connectivity index (χ0v) is 21.9. The predicted octanol–water partition coefficient (Wildman–Crippen LogP) is 10.7. The second-order valence-corrected chi connectivity index (χ2v) is 10.3. The van der Waals surface area contributed by atoms with Gasteiger partial charge in [-0.25, -0.2) is 0 Å². The molecule has 0 atom stereocenters. The summed E-state index contributed by atoms with van der Waals surface area (Å²) in [4.78, 5) is 4.98. The summed E-state index contributed by atoms with van der Waals surface area (Å²) >= 11 is 0. The number of fused-ring (bicyclic) bond motifs is 5. The van der Waals surface area contributed by atoms with Crippen molar-refractivity contribution in [1.82, 2.24) is 4.98 Å². The lowest BCUT2D eigenvalue weighted by Gasteiger charge is -2.20. The number of para-hydroxylation sites is 1. The number of nitrogens with zero attached hydrogens (tertiary/aromatic N) is 1. The number of hydrogen-bond acceptors (Lipinski definition) is 1. The van der Waals surface area contributed by atoms with Crippen LogP contribution >= 0.6 is 0 Å². The van der Waals surface area contributed by atoms with Gasteiger partial charge in [0.05, 0.1) is 5.52 Å². The molecule has 0 spiro atoms. The average Bonchev–Trinajstić information content (AvgIpc) is 3.04. The van der Waals surface area contributed by atoms with Crippen molar-refractivity contribution in [1.29, 1.82) is 0 Å². The molecule has 1 nitrogen and oxygen atoms in total. The lowest BCUT2D eigenvalue weighted by molar-refractivity contribution is 1.45. The third-order valence-electron chi connectivity index (χ3n) is 8.08. The molecule has 0 saturated carbocycles. The highest BCUT2D eigenvalue weighted by atomic mass is 14.6. The summed E-state index contributed by atoms with van der Waals surface area (Å²) in [6, 6.07) is 52.3. The van der Waals surface area contributed by atoms with Crippen LogP contribution in [0.4, 0.5) is 0 Å². The predicted molar refractivity (Wildman–Crippen MR) is 171 cm³/mol. The van der Waals surface area contributed by atoms with E-state index in [-0.39, 0.29) is 0 Å². The molecule has 0 amide bonds. The van der Waals surface area contributed by atoms with E-state index in [9.17, 15) is 0 Å². The summed E-state index contributed by atoms with van der Waals surface area (Å²) in [5, 5.41) is 8.59. The Kier molecular flexibility index (Phi) is 5.21. The maximum Gasteiger partial charge on any atom is 0.0708 e. The molecule has 1 heteroatoms. The van der Waals surface area contributed by atoms with Crippen LogP contribution in [0.1, 0.15) is 0 Å². The van der Waals surface area contributed by atoms with Crippen molar-refractivity contribution in [2.75, 3.05) is 0 Å². The van der Waals surface area contributed by atoms with Gasteiger partial charge in [-0.05, 0) is 67.1 Å². The first-order valence-electron chi connectivity index (χ1n) is 13.7. The molecule has 40 heavy (non-hydrogen) atoms. The van der Waals surface area contributed by atoms with Gasteiger partial charge in [-0.3, -0.25) is 4.98 Å². The summed E-state index contributed by atoms with van der Waals surface area (Å²) in [6.45, 7) is 0. The minimum atomic E-state index is 1.01. The molecule has 0 radical (unpaired) electrons. The number of pyridine rings is 1. The summed E-state index contributed by atoms with van der Waals surface area (Å²) in [7, 11) is 0. The van der Waals surface area contributed by atoms with E-state index >= 15 is 0 Å². The minimum Gasteiger partial charge on any atom is -0.256 e. The van der Waals surface area contributed by atoms with Gasteiger partial charge in [0.25, 0.3) is 0 Å². The Morgan fingerprint density at radius 3 is 1.82 bits per heavy atom. The lowest BCUT2D eigenvalue weighted by Crippen LogP contribution is -1.94. The largest absolute Gasteiger partial charge is 0.256 e. The van der Waals surface area contributed by atoms with Crippen LogP contribution in [0.5, 0.6) is 0 Å². The number of aromatic nitrogens is 1. The lowest BCUT2D eigenvalue weighted by atomic mass is 9.83. The molecule has 0 N–H and O–H groups in total. The van der Waals surface area contributed by atoms with Gasteiger partial charge in [0.2, 0.25) is 0 Å². The maximum absolute atomic E-state index is 4.98. The Morgan fingerprint density at radius 1 is 0.375 bits per heavy atom. The van der Waals surface area contributed by atoms with Crippen LogP contribution in [-0.4, -0.2) is 4.98 Å². The summed E-state index contributed by atoms with van der Waals surface area (Å²) in [6.07, 6.45) is 2.09. The van der Waals surface area contributed by atoms with Gasteiger partial charge in [-0.1, -0.05) is 133 Å². The summed E-state index contributed by atoms with van der Waals surface area (Å²) in [5.74, 6) is 0. The van der Waals surface area contributed by atoms with E-state index in [0.717, 1.165) is 5.52 Å². The fraction of sp³-hybridized carbons (Fsp3) is 0. The summed E-state index contributed by atoms with van der Waals surface area (Å²) < 4.78 is 0. The fourth-order valence-electron chi connectivity index (χ4n) is 6.32. The molecule has 0 bridgehead atoms. The minimum absolute atomic E-state index is 1.01. The van der Waals surface area contributed by atoms with Gasteiger partial charge in [0, 0.05) is 22.4 Å². The fourth-order valence-corrected chi connectivity index (χ4v) is 6.32. The molecule has 0 fully saturated rings. The van der Waals surface area contributed by atoms with Crippen molar-refractivity contribution in [2.24, 2.45) is 0 Å². The molecule has 0 aliphatic heterocycles. The Hall–Kier alpha value is -5.27. The van der Waals surface area contributed by atoms with Crippen LogP contribution in [0, 0.1) is 0 Å². The van der Waals surface area contributed by atoms with E-state index in [2.05, 4.69) is 152 Å². The van der Waals surface area contributed by atoms with Crippen molar-refractivity contribution in [3.63, 3.8) is 0 Å². The van der Waals surface area contributed by atoms with Crippen LogP contribution < -0.4 is 0 Å². The van der Waals surface area contributed by atoms with E-state index in [1.165, 1.54) is 71.1 Å². The topological polar surface area (TPSA) is 12.9 Å². The average molecular weight is 508 g/mol. The highest BCUT2D eigenvalue weighted by Crippen LogP contribution is 2.47. The van der Waals surface area contributed by atoms with Crippen LogP contribution in [-0.2, 0) is 0 Å². The molecule has 7 aromatic carbocycles. The SMILES string of the molecule is c1ccc(-c2cccc(-c3c4ccccc4c(-c4cccc5ccccc45)c4c3cnc3ccccc34)c2)cc1. The van der Waals surface area contributed by atoms with E-state index in [4.69, 9.17) is 4.98 Å². The molecule has 0 aliphatic carbocycles. The van der Waals surface area contributed by atoms with Crippen molar-refractivity contribution in [2.45, 2.75) is 0 Å². The number of rotatable bonds is 3. The normalized spacial score (nSPS) is 11.5. The Morgan fingerprint density at radius 2 is 0.975 bits per heavy atom. The Labute approximate surface area is 233 Å². The highest BCUT2D eigenvalue weighted by Gasteiger charge is 2.20. The molecular formula is C39H25N. The van der Waals surface area contributed by atoms with E-state index in [0.29, 0.717) is 0 Å². The second kappa shape index (κ2) is 9.18. The molecule has 8 aromatic rings. The van der Waals surface area contributed by atoms with Crippen molar-refractivity contribution in [3.05, 3.63) is 152 Å². The van der Waals surface area contributed by atoms with E-state index in [1.54, 1.807) is 0 Å². The molecule has 0 unspecified atom stereocenters. The van der Waals surface area contributed by atoms with Gasteiger partial charge in [0.1, 0.15) is 0 Å². The maximum atomic E-state index is 4.98. The van der Waals surface area contributed by atoms with Gasteiger partial charge >= 0.3 is 0 Å². The van der Waals surface area contributed by atoms with Gasteiger partial charge < -0.3 is 0 Å². The zero-order chi connectivity index (χ0) is 26.5. The quantitative estimate of drug-likeness (QED) is 0.171. The van der Waals surface area contributed by atoms with Crippen molar-refractivity contribution >= 4 is 43.2 Å². The van der Waals surface area contributed by atoms with Gasteiger partial charge in [-0.15, -0.1) is 0 Å². The smallest absolute Gasteiger partial charge is 0.0708 e. The van der Waals surface area contributed by atoms with E-state index < -0.39 is 0 Å². The Balaban J connectivity index is 1.57. The van der Waals surface area contributed by atoms with E-state index in [1.807, 2.05) is 0 Å². The molecule has 0 saturated heterocycles. The third kappa shape index (κ3) is 3.52. The zero-order valence-electron chi connectivity index (χ0n) is 21.9. The van der Waals surface area contributed by atoms with Crippen molar-refractivity contribution in [3.8, 4) is 33.4 Å². The van der Waals surface area contributed by atoms with Gasteiger partial charge in [-0.2, -0.15) is 0 Å². The standard InChI is InChI=1S/C39H25N/c1-2-12-26(13-3-1)28-16-10-17-29(24-28)37-32-19-6-7-20-33(32)38(31-22-11-15-27-14-4-5-18-30(27)31)39-34-21-8-9-23-36(34)40-25-35(37)39/h1-25H. The number of hydrogen-bond donors (Lipinski definition) is 0. The van der Waals surface area contributed by atoms with Crippen LogP contribution in [0.25, 0.3) is 76.6 Å². The van der Waals surface area contributed by atoms with Crippen LogP contribution in [0.3, 0.4) is 0 Å². The number of benzene rings is 7. The first kappa shape index (κ1) is 22.7. The molecule has 0 aliphatic rings. The molecule has 1 aromatic heterocycles. The Bertz CT molecular complexity index is 2200. The second-order valence-electron chi connectivity index (χ2n) is 10.3. The first-order chi connectivity index (χ1) is 19.9. The highest BCUT2D eigenvalue weighted by molar-refractivity contribution is 6.28. The van der Waals surface area contributed by atoms with Gasteiger partial charge in [0.15, 0.2) is 0 Å². The molecular weight excluding hydrogens is 482 g/mol. The van der Waals surface area contributed by atoms with Crippen LogP contribution in [0.15, 0.2) is 152 Å². The third-order valence-corrected chi connectivity index (χ3v) is 8.08.